The SMILES string of the molecule is CCN1C(=O)C[C@@H](CNC(=O)c2cccc(C)n2)[C@@H]1c1cccnc1. The third-order valence-electron chi connectivity index (χ3n) is 4.55. The van der Waals surface area contributed by atoms with Crippen molar-refractivity contribution in [2.75, 3.05) is 13.1 Å². The molecule has 2 amide bonds. The average molecular weight is 338 g/mol. The van der Waals surface area contributed by atoms with Gasteiger partial charge in [0.1, 0.15) is 5.69 Å². The summed E-state index contributed by atoms with van der Waals surface area (Å²) in [6.07, 6.45) is 3.94. The Hall–Kier alpha value is -2.76. The summed E-state index contributed by atoms with van der Waals surface area (Å²) in [5.74, 6) is -0.0780. The highest BCUT2D eigenvalue weighted by molar-refractivity contribution is 5.92. The first-order valence-electron chi connectivity index (χ1n) is 8.51. The van der Waals surface area contributed by atoms with Crippen molar-refractivity contribution >= 4 is 11.8 Å². The molecule has 0 aromatic carbocycles. The molecule has 1 aliphatic heterocycles. The molecule has 3 heterocycles. The van der Waals surface area contributed by atoms with Crippen LogP contribution >= 0.6 is 0 Å². The van der Waals surface area contributed by atoms with Crippen LogP contribution < -0.4 is 5.32 Å². The van der Waals surface area contributed by atoms with Crippen molar-refractivity contribution < 1.29 is 9.59 Å². The molecule has 0 bridgehead atoms. The lowest BCUT2D eigenvalue weighted by Gasteiger charge is -2.27. The van der Waals surface area contributed by atoms with Crippen molar-refractivity contribution in [3.63, 3.8) is 0 Å². The molecule has 3 rings (SSSR count). The van der Waals surface area contributed by atoms with Crippen LogP contribution in [0.4, 0.5) is 0 Å². The van der Waals surface area contributed by atoms with Gasteiger partial charge in [-0.2, -0.15) is 0 Å². The number of nitrogens with one attached hydrogen (secondary N) is 1. The highest BCUT2D eigenvalue weighted by Crippen LogP contribution is 2.37. The topological polar surface area (TPSA) is 75.2 Å². The number of aromatic nitrogens is 2. The number of hydrogen-bond acceptors (Lipinski definition) is 4. The fraction of sp³-hybridized carbons (Fsp3) is 0.368. The Morgan fingerprint density at radius 3 is 2.84 bits per heavy atom. The molecular formula is C19H22N4O2. The maximum Gasteiger partial charge on any atom is 0.269 e. The van der Waals surface area contributed by atoms with Crippen molar-refractivity contribution in [3.05, 3.63) is 59.7 Å². The van der Waals surface area contributed by atoms with Gasteiger partial charge in [0.15, 0.2) is 0 Å². The van der Waals surface area contributed by atoms with Crippen molar-refractivity contribution in [2.24, 2.45) is 5.92 Å². The number of amides is 2. The number of carbonyl (C=O) groups excluding carboxylic acids is 2. The number of nitrogens with zero attached hydrogens (tertiary/aromatic N) is 3. The molecule has 2 aromatic rings. The summed E-state index contributed by atoms with van der Waals surface area (Å²) in [4.78, 5) is 35.0. The van der Waals surface area contributed by atoms with Crippen molar-refractivity contribution in [3.8, 4) is 0 Å². The Morgan fingerprint density at radius 2 is 2.16 bits per heavy atom. The predicted molar refractivity (Wildman–Crippen MR) is 93.8 cm³/mol. The molecule has 0 spiro atoms. The number of rotatable bonds is 5. The minimum Gasteiger partial charge on any atom is -0.350 e. The van der Waals surface area contributed by atoms with Gasteiger partial charge >= 0.3 is 0 Å². The van der Waals surface area contributed by atoms with Crippen LogP contribution in [0.15, 0.2) is 42.7 Å². The van der Waals surface area contributed by atoms with Gasteiger partial charge < -0.3 is 10.2 Å². The largest absolute Gasteiger partial charge is 0.350 e. The molecule has 1 N–H and O–H groups in total. The molecule has 1 aliphatic rings. The van der Waals surface area contributed by atoms with Crippen LogP contribution in [0.3, 0.4) is 0 Å². The number of pyridine rings is 2. The normalized spacial score (nSPS) is 19.9. The van der Waals surface area contributed by atoms with Crippen LogP contribution in [0, 0.1) is 12.8 Å². The van der Waals surface area contributed by atoms with E-state index in [1.165, 1.54) is 0 Å². The van der Waals surface area contributed by atoms with Gasteiger partial charge in [-0.05, 0) is 37.6 Å². The summed E-state index contributed by atoms with van der Waals surface area (Å²) < 4.78 is 0. The first kappa shape index (κ1) is 17.1. The van der Waals surface area contributed by atoms with Crippen LogP contribution in [0.2, 0.25) is 0 Å². The molecule has 2 atom stereocenters. The maximum atomic E-state index is 12.3. The summed E-state index contributed by atoms with van der Waals surface area (Å²) in [6.45, 7) is 4.89. The van der Waals surface area contributed by atoms with Gasteiger partial charge in [-0.1, -0.05) is 12.1 Å². The second-order valence-electron chi connectivity index (χ2n) is 6.25. The van der Waals surface area contributed by atoms with Gasteiger partial charge in [0.25, 0.3) is 5.91 Å². The van der Waals surface area contributed by atoms with E-state index in [4.69, 9.17) is 0 Å². The van der Waals surface area contributed by atoms with E-state index in [-0.39, 0.29) is 23.8 Å². The Bertz CT molecular complexity index is 763. The quantitative estimate of drug-likeness (QED) is 0.906. The molecular weight excluding hydrogens is 316 g/mol. The van der Waals surface area contributed by atoms with E-state index in [1.54, 1.807) is 18.5 Å². The van der Waals surface area contributed by atoms with Crippen molar-refractivity contribution in [2.45, 2.75) is 26.3 Å². The maximum absolute atomic E-state index is 12.3. The first-order chi connectivity index (χ1) is 12.1. The molecule has 0 radical (unpaired) electrons. The van der Waals surface area contributed by atoms with Gasteiger partial charge in [-0.25, -0.2) is 4.98 Å². The third kappa shape index (κ3) is 3.68. The summed E-state index contributed by atoms with van der Waals surface area (Å²) in [7, 11) is 0. The first-order valence-corrected chi connectivity index (χ1v) is 8.51. The Morgan fingerprint density at radius 1 is 1.32 bits per heavy atom. The Labute approximate surface area is 147 Å². The average Bonchev–Trinajstić information content (AvgIpc) is 2.95. The molecule has 130 valence electrons. The summed E-state index contributed by atoms with van der Waals surface area (Å²) in [6, 6.07) is 9.15. The Balaban J connectivity index is 1.74. The van der Waals surface area contributed by atoms with E-state index in [2.05, 4.69) is 15.3 Å². The van der Waals surface area contributed by atoms with Crippen LogP contribution in [0.25, 0.3) is 0 Å². The number of likely N-dealkylation sites (tertiary alicyclic amines) is 1. The number of carbonyl (C=O) groups is 2. The van der Waals surface area contributed by atoms with Crippen LogP contribution in [-0.2, 0) is 4.79 Å². The van der Waals surface area contributed by atoms with Crippen molar-refractivity contribution in [1.82, 2.24) is 20.2 Å². The summed E-state index contributed by atoms with van der Waals surface area (Å²) >= 11 is 0. The molecule has 6 nitrogen and oxygen atoms in total. The highest BCUT2D eigenvalue weighted by Gasteiger charge is 2.39. The number of hydrogen-bond donors (Lipinski definition) is 1. The van der Waals surface area contributed by atoms with Gasteiger partial charge in [-0.15, -0.1) is 0 Å². The molecule has 25 heavy (non-hydrogen) atoms. The Kier molecular flexibility index (Phi) is 5.07. The van der Waals surface area contributed by atoms with E-state index in [0.717, 1.165) is 11.3 Å². The third-order valence-corrected chi connectivity index (χ3v) is 4.55. The molecule has 0 aliphatic carbocycles. The molecule has 1 fully saturated rings. The van der Waals surface area contributed by atoms with Crippen LogP contribution in [0.5, 0.6) is 0 Å². The van der Waals surface area contributed by atoms with Gasteiger partial charge in [-0.3, -0.25) is 14.6 Å². The second kappa shape index (κ2) is 7.42. The van der Waals surface area contributed by atoms with Gasteiger partial charge in [0.2, 0.25) is 5.91 Å². The van der Waals surface area contributed by atoms with E-state index in [9.17, 15) is 9.59 Å². The zero-order chi connectivity index (χ0) is 17.8. The minimum absolute atomic E-state index is 0.0189. The number of aryl methyl sites for hydroxylation is 1. The summed E-state index contributed by atoms with van der Waals surface area (Å²) in [5, 5.41) is 2.93. The van der Waals surface area contributed by atoms with Gasteiger partial charge in [0, 0.05) is 43.5 Å². The molecule has 0 unspecified atom stereocenters. The zero-order valence-electron chi connectivity index (χ0n) is 14.5. The van der Waals surface area contributed by atoms with Gasteiger partial charge in [0.05, 0.1) is 6.04 Å². The van der Waals surface area contributed by atoms with E-state index in [0.29, 0.717) is 25.2 Å². The lowest BCUT2D eigenvalue weighted by atomic mass is 9.94. The van der Waals surface area contributed by atoms with Crippen molar-refractivity contribution in [1.29, 1.82) is 0 Å². The highest BCUT2D eigenvalue weighted by atomic mass is 16.2. The zero-order valence-corrected chi connectivity index (χ0v) is 14.5. The monoisotopic (exact) mass is 338 g/mol. The predicted octanol–water partition coefficient (Wildman–Crippen LogP) is 2.12. The standard InChI is InChI=1S/C19H22N4O2/c1-3-23-17(24)10-15(18(23)14-7-5-9-20-11-14)12-21-19(25)16-8-4-6-13(2)22-16/h4-9,11,15,18H,3,10,12H2,1-2H3,(H,21,25)/t15-,18-/m0/s1. The minimum atomic E-state index is -0.212. The smallest absolute Gasteiger partial charge is 0.269 e. The van der Waals surface area contributed by atoms with Crippen LogP contribution in [-0.4, -0.2) is 39.8 Å². The van der Waals surface area contributed by atoms with E-state index in [1.807, 2.05) is 43.0 Å². The van der Waals surface area contributed by atoms with E-state index >= 15 is 0 Å². The fourth-order valence-electron chi connectivity index (χ4n) is 3.41. The molecule has 2 aromatic heterocycles. The molecule has 6 heteroatoms. The molecule has 0 saturated carbocycles. The van der Waals surface area contributed by atoms with Crippen LogP contribution in [0.1, 0.15) is 41.1 Å². The fourth-order valence-corrected chi connectivity index (χ4v) is 3.41. The molecule has 1 saturated heterocycles. The second-order valence-corrected chi connectivity index (χ2v) is 6.25. The lowest BCUT2D eigenvalue weighted by molar-refractivity contribution is -0.128. The lowest BCUT2D eigenvalue weighted by Crippen LogP contribution is -2.34. The van der Waals surface area contributed by atoms with E-state index < -0.39 is 0 Å². The summed E-state index contributed by atoms with van der Waals surface area (Å²) in [5.41, 5.74) is 2.20.